The fourth-order valence-corrected chi connectivity index (χ4v) is 3.20. The number of aliphatic imine (C=N–C) groups is 1. The molecule has 0 aliphatic carbocycles. The number of nitrogens with one attached hydrogen (secondary N) is 2. The van der Waals surface area contributed by atoms with E-state index in [1.807, 2.05) is 0 Å². The fraction of sp³-hybridized carbons (Fsp3) is 0.667. The topological polar surface area (TPSA) is 64.1 Å². The zero-order chi connectivity index (χ0) is 19.1. The Hall–Kier alpha value is -1.06. The number of hydrogen-bond acceptors (Lipinski definition) is 4. The number of ether oxygens (including phenoxy) is 3. The van der Waals surface area contributed by atoms with Crippen LogP contribution in [0.1, 0.15) is 31.4 Å². The predicted octanol–water partition coefficient (Wildman–Crippen LogP) is 3.12. The van der Waals surface area contributed by atoms with Crippen molar-refractivity contribution < 1.29 is 14.2 Å². The molecule has 1 aromatic rings. The highest BCUT2D eigenvalue weighted by Crippen LogP contribution is 2.25. The highest BCUT2D eigenvalue weighted by atomic mass is 127. The van der Waals surface area contributed by atoms with Crippen LogP contribution in [0, 0.1) is 18.3 Å². The molecule has 2 aliphatic heterocycles. The summed E-state index contributed by atoms with van der Waals surface area (Å²) in [6.45, 7) is 12.6. The number of halogens is 1. The summed E-state index contributed by atoms with van der Waals surface area (Å²) in [4.78, 5) is 4.76. The first-order valence-electron chi connectivity index (χ1n) is 9.98. The van der Waals surface area contributed by atoms with E-state index < -0.39 is 0 Å². The van der Waals surface area contributed by atoms with Crippen LogP contribution in [0.5, 0.6) is 5.75 Å². The summed E-state index contributed by atoms with van der Waals surface area (Å²) in [6, 6.07) is 6.33. The average molecular weight is 503 g/mol. The third-order valence-electron chi connectivity index (χ3n) is 5.06. The maximum Gasteiger partial charge on any atom is 0.191 e. The summed E-state index contributed by atoms with van der Waals surface area (Å²) in [5, 5.41) is 6.76. The van der Waals surface area contributed by atoms with E-state index in [-0.39, 0.29) is 29.4 Å². The number of nitrogens with zero attached hydrogens (tertiary/aromatic N) is 1. The van der Waals surface area contributed by atoms with Crippen molar-refractivity contribution in [3.8, 4) is 5.75 Å². The molecule has 2 heterocycles. The molecule has 1 atom stereocenters. The second kappa shape index (κ2) is 11.2. The van der Waals surface area contributed by atoms with E-state index in [2.05, 4.69) is 49.6 Å². The van der Waals surface area contributed by atoms with Crippen molar-refractivity contribution in [1.82, 2.24) is 10.6 Å². The van der Waals surface area contributed by atoms with E-state index in [4.69, 9.17) is 19.2 Å². The zero-order valence-corrected chi connectivity index (χ0v) is 19.6. The molecular weight excluding hydrogens is 469 g/mol. The fourth-order valence-electron chi connectivity index (χ4n) is 3.20. The lowest BCUT2D eigenvalue weighted by Gasteiger charge is -2.38. The number of guanidine groups is 1. The second-order valence-electron chi connectivity index (χ2n) is 8.00. The van der Waals surface area contributed by atoms with Crippen molar-refractivity contribution in [2.45, 2.75) is 33.7 Å². The monoisotopic (exact) mass is 503 g/mol. The smallest absolute Gasteiger partial charge is 0.191 e. The molecule has 0 spiro atoms. The Morgan fingerprint density at radius 2 is 2.11 bits per heavy atom. The predicted molar refractivity (Wildman–Crippen MR) is 123 cm³/mol. The summed E-state index contributed by atoms with van der Waals surface area (Å²) >= 11 is 0. The van der Waals surface area contributed by atoms with Crippen LogP contribution < -0.4 is 15.4 Å². The van der Waals surface area contributed by atoms with Gasteiger partial charge in [0.2, 0.25) is 0 Å². The normalized spacial score (nSPS) is 20.8. The molecule has 2 saturated heterocycles. The van der Waals surface area contributed by atoms with Crippen molar-refractivity contribution in [3.63, 3.8) is 0 Å². The van der Waals surface area contributed by atoms with Crippen molar-refractivity contribution in [2.75, 3.05) is 46.1 Å². The molecule has 2 fully saturated rings. The van der Waals surface area contributed by atoms with Crippen LogP contribution >= 0.6 is 24.0 Å². The standard InChI is InChI=1S/C21H33N3O3.HI/c1-4-22-20(24-13-21(3)14-26-15-21)23-10-18-6-5-16(2)9-19(18)27-12-17-7-8-25-11-17;/h5-6,9,17H,4,7-8,10-15H2,1-3H3,(H2,22,23,24);1H. The van der Waals surface area contributed by atoms with Crippen molar-refractivity contribution >= 4 is 29.9 Å². The lowest BCUT2D eigenvalue weighted by molar-refractivity contribution is -0.0971. The van der Waals surface area contributed by atoms with Crippen LogP contribution in [0.4, 0.5) is 0 Å². The van der Waals surface area contributed by atoms with Gasteiger partial charge in [-0.2, -0.15) is 0 Å². The Morgan fingerprint density at radius 3 is 2.75 bits per heavy atom. The number of rotatable bonds is 8. The molecule has 7 heteroatoms. The van der Waals surface area contributed by atoms with Crippen LogP contribution in [-0.4, -0.2) is 52.1 Å². The Morgan fingerprint density at radius 1 is 1.29 bits per heavy atom. The van der Waals surface area contributed by atoms with E-state index in [9.17, 15) is 0 Å². The number of benzene rings is 1. The minimum absolute atomic E-state index is 0. The summed E-state index contributed by atoms with van der Waals surface area (Å²) in [6.07, 6.45) is 1.08. The van der Waals surface area contributed by atoms with Gasteiger partial charge in [-0.05, 0) is 31.9 Å². The molecule has 0 aromatic heterocycles. The molecule has 1 aromatic carbocycles. The van der Waals surface area contributed by atoms with Crippen molar-refractivity contribution in [2.24, 2.45) is 16.3 Å². The first-order chi connectivity index (χ1) is 13.1. The van der Waals surface area contributed by atoms with Gasteiger partial charge in [0.25, 0.3) is 0 Å². The summed E-state index contributed by atoms with van der Waals surface area (Å²) in [5.41, 5.74) is 2.51. The van der Waals surface area contributed by atoms with E-state index in [1.165, 1.54) is 5.56 Å². The van der Waals surface area contributed by atoms with Gasteiger partial charge in [0, 0.05) is 36.6 Å². The van der Waals surface area contributed by atoms with Gasteiger partial charge in [-0.3, -0.25) is 0 Å². The van der Waals surface area contributed by atoms with Crippen molar-refractivity contribution in [1.29, 1.82) is 0 Å². The van der Waals surface area contributed by atoms with E-state index in [0.29, 0.717) is 19.1 Å². The Balaban J connectivity index is 0.00000280. The molecule has 1 unspecified atom stereocenters. The molecule has 2 aliphatic rings. The van der Waals surface area contributed by atoms with Gasteiger partial charge in [-0.15, -0.1) is 24.0 Å². The highest BCUT2D eigenvalue weighted by molar-refractivity contribution is 14.0. The lowest BCUT2D eigenvalue weighted by atomic mass is 9.89. The van der Waals surface area contributed by atoms with Gasteiger partial charge in [0.05, 0.1) is 33.0 Å². The Bertz CT molecular complexity index is 644. The maximum absolute atomic E-state index is 6.13. The molecule has 158 valence electrons. The van der Waals surface area contributed by atoms with Gasteiger partial charge in [0.1, 0.15) is 5.75 Å². The summed E-state index contributed by atoms with van der Waals surface area (Å²) in [5.74, 6) is 2.26. The highest BCUT2D eigenvalue weighted by Gasteiger charge is 2.33. The Labute approximate surface area is 185 Å². The van der Waals surface area contributed by atoms with Crippen LogP contribution in [0.2, 0.25) is 0 Å². The molecule has 0 radical (unpaired) electrons. The molecule has 3 rings (SSSR count). The Kier molecular flexibility index (Phi) is 9.30. The van der Waals surface area contributed by atoms with Crippen molar-refractivity contribution in [3.05, 3.63) is 29.3 Å². The second-order valence-corrected chi connectivity index (χ2v) is 8.00. The number of aryl methyl sites for hydroxylation is 1. The third-order valence-corrected chi connectivity index (χ3v) is 5.06. The SMILES string of the molecule is CCNC(=NCc1ccc(C)cc1OCC1CCOC1)NCC1(C)COC1.I. The minimum atomic E-state index is 0. The average Bonchev–Trinajstić information content (AvgIpc) is 3.15. The molecule has 28 heavy (non-hydrogen) atoms. The minimum Gasteiger partial charge on any atom is -0.493 e. The molecule has 0 saturated carbocycles. The van der Waals surface area contributed by atoms with Gasteiger partial charge in [0.15, 0.2) is 5.96 Å². The summed E-state index contributed by atoms with van der Waals surface area (Å²) < 4.78 is 16.9. The van der Waals surface area contributed by atoms with Crippen LogP contribution in [0.25, 0.3) is 0 Å². The molecule has 2 N–H and O–H groups in total. The maximum atomic E-state index is 6.13. The summed E-state index contributed by atoms with van der Waals surface area (Å²) in [7, 11) is 0. The lowest BCUT2D eigenvalue weighted by Crippen LogP contribution is -2.51. The molecule has 0 bridgehead atoms. The molecule has 6 nitrogen and oxygen atoms in total. The third kappa shape index (κ3) is 6.77. The quantitative estimate of drug-likeness (QED) is 0.324. The van der Waals surface area contributed by atoms with E-state index in [0.717, 1.165) is 63.2 Å². The van der Waals surface area contributed by atoms with Gasteiger partial charge >= 0.3 is 0 Å². The van der Waals surface area contributed by atoms with Crippen LogP contribution in [0.3, 0.4) is 0 Å². The first kappa shape index (κ1) is 23.2. The first-order valence-corrected chi connectivity index (χ1v) is 9.98. The van der Waals surface area contributed by atoms with E-state index in [1.54, 1.807) is 0 Å². The van der Waals surface area contributed by atoms with Gasteiger partial charge in [-0.1, -0.05) is 19.1 Å². The zero-order valence-electron chi connectivity index (χ0n) is 17.3. The number of hydrogen-bond donors (Lipinski definition) is 2. The molecular formula is C21H34IN3O3. The van der Waals surface area contributed by atoms with Gasteiger partial charge in [-0.25, -0.2) is 4.99 Å². The van der Waals surface area contributed by atoms with E-state index >= 15 is 0 Å². The molecule has 0 amide bonds. The van der Waals surface area contributed by atoms with Gasteiger partial charge < -0.3 is 24.8 Å². The van der Waals surface area contributed by atoms with Crippen LogP contribution in [0.15, 0.2) is 23.2 Å². The van der Waals surface area contributed by atoms with Crippen LogP contribution in [-0.2, 0) is 16.0 Å². The largest absolute Gasteiger partial charge is 0.493 e.